The molecule has 2 aliphatic rings. The number of benzene rings is 4. The molecule has 7 aromatic rings. The lowest BCUT2D eigenvalue weighted by Crippen LogP contribution is -2.56. The third kappa shape index (κ3) is 2.10. The molecule has 0 N–H and O–H groups in total. The Balaban J connectivity index is 1.55. The third-order valence-corrected chi connectivity index (χ3v) is 7.88. The zero-order valence-corrected chi connectivity index (χ0v) is 19.2. The van der Waals surface area contributed by atoms with Gasteiger partial charge in [-0.15, -0.1) is 0 Å². The smallest absolute Gasteiger partial charge is 0.333 e. The lowest BCUT2D eigenvalue weighted by Gasteiger charge is -2.40. The van der Waals surface area contributed by atoms with Crippen LogP contribution in [0.15, 0.2) is 114 Å². The number of anilines is 3. The molecule has 0 saturated carbocycles. The molecule has 0 radical (unpaired) electrons. The minimum atomic E-state index is 0.0137. The van der Waals surface area contributed by atoms with Gasteiger partial charge in [-0.2, -0.15) is 0 Å². The molecule has 4 aromatic carbocycles. The van der Waals surface area contributed by atoms with E-state index in [2.05, 4.69) is 106 Å². The van der Waals surface area contributed by atoms with Gasteiger partial charge in [0.2, 0.25) is 0 Å². The maximum atomic E-state index is 6.17. The van der Waals surface area contributed by atoms with E-state index in [0.717, 1.165) is 27.9 Å². The highest BCUT2D eigenvalue weighted by Gasteiger charge is 2.44. The standard InChI is InChI=1S/C31H18BN3O/c1-2-8-20(9-3-1)34-25-13-7-5-11-23(25)32-28-26(34)18-19-15-17-36-31(19)27(28)29-30-22(14-16-33-29)21-10-4-6-12-24(21)35(30)32/h1-18H. The summed E-state index contributed by atoms with van der Waals surface area (Å²) in [6.45, 7) is 0.0137. The molecule has 36 heavy (non-hydrogen) atoms. The summed E-state index contributed by atoms with van der Waals surface area (Å²) in [6, 6.07) is 34.7. The molecular formula is C31H18BN3O. The number of fused-ring (bicyclic) bond motifs is 9. The van der Waals surface area contributed by atoms with Crippen molar-refractivity contribution in [3.63, 3.8) is 0 Å². The van der Waals surface area contributed by atoms with Gasteiger partial charge in [0.1, 0.15) is 5.58 Å². The summed E-state index contributed by atoms with van der Waals surface area (Å²) in [7, 11) is 0. The molecular weight excluding hydrogens is 441 g/mol. The van der Waals surface area contributed by atoms with E-state index in [1.165, 1.54) is 44.1 Å². The minimum absolute atomic E-state index is 0.0137. The maximum absolute atomic E-state index is 6.17. The molecule has 0 atom stereocenters. The predicted octanol–water partition coefficient (Wildman–Crippen LogP) is 6.35. The summed E-state index contributed by atoms with van der Waals surface area (Å²) in [6.07, 6.45) is 3.74. The van der Waals surface area contributed by atoms with Gasteiger partial charge in [0, 0.05) is 50.5 Å². The fourth-order valence-corrected chi connectivity index (χ4v) is 6.54. The Morgan fingerprint density at radius 2 is 1.58 bits per heavy atom. The van der Waals surface area contributed by atoms with Gasteiger partial charge in [0.25, 0.3) is 0 Å². The lowest BCUT2D eigenvalue weighted by atomic mass is 9.45. The number of nitrogens with zero attached hydrogens (tertiary/aromatic N) is 3. The Bertz CT molecular complexity index is 2020. The van der Waals surface area contributed by atoms with E-state index in [1.54, 1.807) is 6.26 Å². The largest absolute Gasteiger partial charge is 0.464 e. The monoisotopic (exact) mass is 459 g/mol. The molecule has 166 valence electrons. The number of aromatic nitrogens is 2. The number of furan rings is 1. The Kier molecular flexibility index (Phi) is 3.33. The fourth-order valence-electron chi connectivity index (χ4n) is 6.54. The van der Waals surface area contributed by atoms with Crippen LogP contribution in [0.3, 0.4) is 0 Å². The van der Waals surface area contributed by atoms with Crippen LogP contribution < -0.4 is 15.8 Å². The van der Waals surface area contributed by atoms with Gasteiger partial charge in [-0.05, 0) is 53.4 Å². The molecule has 0 amide bonds. The Hall–Kier alpha value is -4.77. The quantitative estimate of drug-likeness (QED) is 0.268. The van der Waals surface area contributed by atoms with Crippen LogP contribution in [0.4, 0.5) is 17.1 Å². The van der Waals surface area contributed by atoms with Gasteiger partial charge in [0.15, 0.2) is 0 Å². The van der Waals surface area contributed by atoms with E-state index in [1.807, 2.05) is 6.20 Å². The van der Waals surface area contributed by atoms with Crippen LogP contribution in [0.2, 0.25) is 0 Å². The molecule has 0 spiro atoms. The Morgan fingerprint density at radius 1 is 0.750 bits per heavy atom. The molecule has 0 fully saturated rings. The Morgan fingerprint density at radius 3 is 2.53 bits per heavy atom. The molecule has 4 nitrogen and oxygen atoms in total. The molecule has 0 bridgehead atoms. The average Bonchev–Trinajstić information content (AvgIpc) is 3.54. The SMILES string of the molecule is c1ccc(N2c3ccccc3B3c4c2cc2ccoc2c4-c2nccc4c5ccccc5n3c24)cc1. The lowest BCUT2D eigenvalue weighted by molar-refractivity contribution is 0.617. The van der Waals surface area contributed by atoms with Gasteiger partial charge in [-0.25, -0.2) is 0 Å². The molecule has 3 aromatic heterocycles. The van der Waals surface area contributed by atoms with E-state index < -0.39 is 0 Å². The second-order valence-electron chi connectivity index (χ2n) is 9.60. The summed E-state index contributed by atoms with van der Waals surface area (Å²) >= 11 is 0. The first kappa shape index (κ1) is 18.5. The normalized spacial score (nSPS) is 13.4. The highest BCUT2D eigenvalue weighted by Crippen LogP contribution is 2.46. The van der Waals surface area contributed by atoms with Crippen molar-refractivity contribution in [3.05, 3.63) is 110 Å². The molecule has 0 saturated heterocycles. The van der Waals surface area contributed by atoms with E-state index in [0.29, 0.717) is 0 Å². The number of para-hydroxylation sites is 3. The summed E-state index contributed by atoms with van der Waals surface area (Å²) in [5.74, 6) is 0. The topological polar surface area (TPSA) is 34.2 Å². The van der Waals surface area contributed by atoms with Crippen molar-refractivity contribution in [2.75, 3.05) is 4.90 Å². The Labute approximate surface area is 207 Å². The zero-order valence-electron chi connectivity index (χ0n) is 19.2. The van der Waals surface area contributed by atoms with Crippen molar-refractivity contribution in [2.24, 2.45) is 0 Å². The van der Waals surface area contributed by atoms with Crippen molar-refractivity contribution >= 4 is 67.6 Å². The van der Waals surface area contributed by atoms with Gasteiger partial charge >= 0.3 is 6.85 Å². The van der Waals surface area contributed by atoms with Gasteiger partial charge in [-0.3, -0.25) is 4.98 Å². The van der Waals surface area contributed by atoms with E-state index >= 15 is 0 Å². The first-order chi connectivity index (χ1) is 17.9. The average molecular weight is 459 g/mol. The molecule has 0 unspecified atom stereocenters. The van der Waals surface area contributed by atoms with Crippen LogP contribution in [0.1, 0.15) is 0 Å². The summed E-state index contributed by atoms with van der Waals surface area (Å²) < 4.78 is 8.68. The van der Waals surface area contributed by atoms with E-state index in [4.69, 9.17) is 9.40 Å². The van der Waals surface area contributed by atoms with Crippen LogP contribution in [0.5, 0.6) is 0 Å². The van der Waals surface area contributed by atoms with Crippen molar-refractivity contribution in [1.29, 1.82) is 0 Å². The van der Waals surface area contributed by atoms with Gasteiger partial charge in [-0.1, -0.05) is 54.6 Å². The van der Waals surface area contributed by atoms with Crippen molar-refractivity contribution in [1.82, 2.24) is 9.46 Å². The molecule has 9 rings (SSSR count). The van der Waals surface area contributed by atoms with Crippen LogP contribution in [0, 0.1) is 0 Å². The first-order valence-electron chi connectivity index (χ1n) is 12.3. The van der Waals surface area contributed by atoms with Crippen LogP contribution in [-0.2, 0) is 0 Å². The van der Waals surface area contributed by atoms with Crippen LogP contribution in [0.25, 0.3) is 44.0 Å². The summed E-state index contributed by atoms with van der Waals surface area (Å²) in [5.41, 5.74) is 11.4. The second kappa shape index (κ2) is 6.46. The number of hydrogen-bond donors (Lipinski definition) is 0. The van der Waals surface area contributed by atoms with E-state index in [9.17, 15) is 0 Å². The summed E-state index contributed by atoms with van der Waals surface area (Å²) in [5, 5.41) is 3.57. The molecule has 5 heteroatoms. The number of hydrogen-bond acceptors (Lipinski definition) is 3. The highest BCUT2D eigenvalue weighted by atomic mass is 16.3. The first-order valence-corrected chi connectivity index (χ1v) is 12.3. The molecule has 2 aliphatic heterocycles. The number of pyridine rings is 1. The summed E-state index contributed by atoms with van der Waals surface area (Å²) in [4.78, 5) is 7.39. The van der Waals surface area contributed by atoms with Gasteiger partial charge in [0.05, 0.1) is 17.5 Å². The van der Waals surface area contributed by atoms with Crippen LogP contribution >= 0.6 is 0 Å². The zero-order chi connectivity index (χ0) is 23.4. The number of rotatable bonds is 1. The van der Waals surface area contributed by atoms with Crippen molar-refractivity contribution in [3.8, 4) is 11.3 Å². The molecule has 5 heterocycles. The van der Waals surface area contributed by atoms with E-state index in [-0.39, 0.29) is 6.85 Å². The third-order valence-electron chi connectivity index (χ3n) is 7.88. The second-order valence-corrected chi connectivity index (χ2v) is 9.60. The molecule has 0 aliphatic carbocycles. The fraction of sp³-hybridized carbons (Fsp3) is 0. The van der Waals surface area contributed by atoms with Crippen molar-refractivity contribution in [2.45, 2.75) is 0 Å². The highest BCUT2D eigenvalue weighted by molar-refractivity contribution is 6.90. The minimum Gasteiger partial charge on any atom is -0.464 e. The predicted molar refractivity (Wildman–Crippen MR) is 148 cm³/mol. The van der Waals surface area contributed by atoms with Gasteiger partial charge < -0.3 is 13.8 Å². The van der Waals surface area contributed by atoms with Crippen LogP contribution in [-0.4, -0.2) is 16.3 Å². The maximum Gasteiger partial charge on any atom is 0.333 e. The van der Waals surface area contributed by atoms with Crippen molar-refractivity contribution < 1.29 is 4.42 Å².